The molecule has 0 N–H and O–H groups in total. The Morgan fingerprint density at radius 1 is 1.12 bits per heavy atom. The van der Waals surface area contributed by atoms with E-state index in [0.717, 1.165) is 38.8 Å². The van der Waals surface area contributed by atoms with Crippen LogP contribution in [0.2, 0.25) is 5.02 Å². The van der Waals surface area contributed by atoms with E-state index in [4.69, 9.17) is 16.3 Å². The van der Waals surface area contributed by atoms with E-state index in [-0.39, 0.29) is 35.3 Å². The molecule has 2 saturated heterocycles. The number of halogens is 2. The van der Waals surface area contributed by atoms with Crippen molar-refractivity contribution in [2.75, 3.05) is 26.2 Å². The minimum Gasteiger partial charge on any atom is -0.490 e. The lowest BCUT2D eigenvalue weighted by Crippen LogP contribution is -2.50. The standard InChI is InChI=1S/C25H32ClFN4O3/c1-2-11-31-17-21(26)24(28-31)25(33)30-14-10-22(34-20-8-6-19(27)7-9-20)18(16-30)15-23(32)29-12-4-3-5-13-29/h6-9,17-18,22H,2-5,10-16H2,1H3/t18-,22-/m0/s1. The Balaban J connectivity index is 1.49. The minimum absolute atomic E-state index is 0.0944. The maximum absolute atomic E-state index is 13.3. The minimum atomic E-state index is -0.330. The van der Waals surface area contributed by atoms with Crippen LogP contribution in [0.25, 0.3) is 0 Å². The normalized spacial score (nSPS) is 20.9. The molecule has 0 radical (unpaired) electrons. The van der Waals surface area contributed by atoms with E-state index in [1.54, 1.807) is 27.9 Å². The average Bonchev–Trinajstić information content (AvgIpc) is 3.21. The highest BCUT2D eigenvalue weighted by molar-refractivity contribution is 6.33. The second-order valence-corrected chi connectivity index (χ2v) is 9.55. The average molecular weight is 491 g/mol. The van der Waals surface area contributed by atoms with Crippen molar-refractivity contribution in [3.8, 4) is 5.75 Å². The zero-order chi connectivity index (χ0) is 24.1. The van der Waals surface area contributed by atoms with Gasteiger partial charge in [-0.25, -0.2) is 4.39 Å². The molecule has 0 saturated carbocycles. The number of aryl methyl sites for hydroxylation is 1. The van der Waals surface area contributed by atoms with Crippen LogP contribution in [0.5, 0.6) is 5.75 Å². The van der Waals surface area contributed by atoms with Crippen LogP contribution in [0.4, 0.5) is 4.39 Å². The quantitative estimate of drug-likeness (QED) is 0.577. The molecule has 2 aliphatic heterocycles. The molecule has 2 aliphatic rings. The van der Waals surface area contributed by atoms with Gasteiger partial charge in [0, 0.05) is 57.7 Å². The molecule has 34 heavy (non-hydrogen) atoms. The first-order valence-electron chi connectivity index (χ1n) is 12.2. The van der Waals surface area contributed by atoms with Gasteiger partial charge in [-0.2, -0.15) is 5.10 Å². The monoisotopic (exact) mass is 490 g/mol. The van der Waals surface area contributed by atoms with Crippen LogP contribution in [0, 0.1) is 11.7 Å². The summed E-state index contributed by atoms with van der Waals surface area (Å²) in [5.74, 6) is -0.0897. The van der Waals surface area contributed by atoms with Crippen LogP contribution in [0.15, 0.2) is 30.5 Å². The van der Waals surface area contributed by atoms with Crippen molar-refractivity contribution in [2.45, 2.75) is 58.1 Å². The summed E-state index contributed by atoms with van der Waals surface area (Å²) in [6, 6.07) is 5.90. The fourth-order valence-electron chi connectivity index (χ4n) is 4.77. The number of rotatable bonds is 7. The number of ether oxygens (including phenoxy) is 1. The first kappa shape index (κ1) is 24.5. The number of likely N-dealkylation sites (tertiary alicyclic amines) is 2. The van der Waals surface area contributed by atoms with Crippen LogP contribution in [-0.4, -0.2) is 63.7 Å². The van der Waals surface area contributed by atoms with Gasteiger partial charge in [-0.3, -0.25) is 14.3 Å². The third-order valence-electron chi connectivity index (χ3n) is 6.57. The Kier molecular flexibility index (Phi) is 8.08. The van der Waals surface area contributed by atoms with Gasteiger partial charge in [0.05, 0.1) is 5.02 Å². The van der Waals surface area contributed by atoms with Crippen molar-refractivity contribution in [3.05, 3.63) is 47.0 Å². The van der Waals surface area contributed by atoms with Gasteiger partial charge in [0.1, 0.15) is 17.7 Å². The van der Waals surface area contributed by atoms with Crippen molar-refractivity contribution in [1.29, 1.82) is 0 Å². The number of aromatic nitrogens is 2. The Bertz CT molecular complexity index is 991. The maximum atomic E-state index is 13.3. The molecule has 2 aromatic rings. The first-order chi connectivity index (χ1) is 16.4. The molecule has 7 nitrogen and oxygen atoms in total. The summed E-state index contributed by atoms with van der Waals surface area (Å²) in [6.07, 6.45) is 6.37. The van der Waals surface area contributed by atoms with Crippen molar-refractivity contribution in [3.63, 3.8) is 0 Å². The highest BCUT2D eigenvalue weighted by Crippen LogP contribution is 2.29. The van der Waals surface area contributed by atoms with Crippen LogP contribution < -0.4 is 4.74 Å². The number of hydrogen-bond acceptors (Lipinski definition) is 4. The number of carbonyl (C=O) groups excluding carboxylic acids is 2. The van der Waals surface area contributed by atoms with Gasteiger partial charge >= 0.3 is 0 Å². The summed E-state index contributed by atoms with van der Waals surface area (Å²) in [4.78, 5) is 30.0. The van der Waals surface area contributed by atoms with Crippen LogP contribution in [0.1, 0.15) is 55.9 Å². The molecule has 184 valence electrons. The summed E-state index contributed by atoms with van der Waals surface area (Å²) in [5.41, 5.74) is 0.245. The van der Waals surface area contributed by atoms with E-state index in [2.05, 4.69) is 5.10 Å². The molecule has 2 amide bonds. The smallest absolute Gasteiger partial charge is 0.275 e. The fourth-order valence-corrected chi connectivity index (χ4v) is 5.00. The van der Waals surface area contributed by atoms with Crippen LogP contribution in [-0.2, 0) is 11.3 Å². The third kappa shape index (κ3) is 5.90. The number of carbonyl (C=O) groups is 2. The van der Waals surface area contributed by atoms with Crippen molar-refractivity contribution in [1.82, 2.24) is 19.6 Å². The Morgan fingerprint density at radius 3 is 2.56 bits per heavy atom. The molecule has 0 spiro atoms. The largest absolute Gasteiger partial charge is 0.490 e. The van der Waals surface area contributed by atoms with Gasteiger partial charge in [0.15, 0.2) is 5.69 Å². The number of benzene rings is 1. The first-order valence-corrected chi connectivity index (χ1v) is 12.5. The van der Waals surface area contributed by atoms with E-state index < -0.39 is 0 Å². The second kappa shape index (κ2) is 11.2. The lowest BCUT2D eigenvalue weighted by molar-refractivity contribution is -0.134. The summed E-state index contributed by atoms with van der Waals surface area (Å²) < 4.78 is 21.2. The Morgan fingerprint density at radius 2 is 1.85 bits per heavy atom. The molecular formula is C25H32ClFN4O3. The predicted molar refractivity (Wildman–Crippen MR) is 127 cm³/mol. The summed E-state index contributed by atoms with van der Waals surface area (Å²) in [6.45, 7) is 5.13. The number of hydrogen-bond donors (Lipinski definition) is 0. The van der Waals surface area contributed by atoms with E-state index in [0.29, 0.717) is 43.2 Å². The highest BCUT2D eigenvalue weighted by Gasteiger charge is 2.36. The van der Waals surface area contributed by atoms with Crippen molar-refractivity contribution >= 4 is 23.4 Å². The third-order valence-corrected chi connectivity index (χ3v) is 6.85. The van der Waals surface area contributed by atoms with E-state index in [1.165, 1.54) is 12.1 Å². The van der Waals surface area contributed by atoms with E-state index in [9.17, 15) is 14.0 Å². The second-order valence-electron chi connectivity index (χ2n) is 9.14. The van der Waals surface area contributed by atoms with Crippen molar-refractivity contribution in [2.24, 2.45) is 5.92 Å². The van der Waals surface area contributed by atoms with E-state index >= 15 is 0 Å². The molecule has 0 aliphatic carbocycles. The molecule has 3 heterocycles. The van der Waals surface area contributed by atoms with E-state index in [1.807, 2.05) is 11.8 Å². The molecule has 9 heteroatoms. The fraction of sp³-hybridized carbons (Fsp3) is 0.560. The highest BCUT2D eigenvalue weighted by atomic mass is 35.5. The Labute approximate surface area is 204 Å². The van der Waals surface area contributed by atoms with Crippen molar-refractivity contribution < 1.29 is 18.7 Å². The van der Waals surface area contributed by atoms with Gasteiger partial charge in [0.25, 0.3) is 5.91 Å². The lowest BCUT2D eigenvalue weighted by atomic mass is 9.90. The summed E-state index contributed by atoms with van der Waals surface area (Å²) >= 11 is 6.32. The lowest BCUT2D eigenvalue weighted by Gasteiger charge is -2.39. The van der Waals surface area contributed by atoms with Crippen LogP contribution in [0.3, 0.4) is 0 Å². The molecule has 4 rings (SSSR count). The summed E-state index contributed by atoms with van der Waals surface area (Å²) in [5, 5.41) is 4.72. The topological polar surface area (TPSA) is 67.7 Å². The molecule has 0 unspecified atom stereocenters. The molecular weight excluding hydrogens is 459 g/mol. The zero-order valence-electron chi connectivity index (χ0n) is 19.6. The number of amides is 2. The molecule has 2 atom stereocenters. The van der Waals surface area contributed by atoms with Gasteiger partial charge < -0.3 is 14.5 Å². The van der Waals surface area contributed by atoms with Gasteiger partial charge in [-0.05, 0) is 49.9 Å². The van der Waals surface area contributed by atoms with Gasteiger partial charge in [0.2, 0.25) is 5.91 Å². The molecule has 1 aromatic heterocycles. The molecule has 1 aromatic carbocycles. The number of piperidine rings is 2. The molecule has 2 fully saturated rings. The molecule has 0 bridgehead atoms. The zero-order valence-corrected chi connectivity index (χ0v) is 20.3. The number of nitrogens with zero attached hydrogens (tertiary/aromatic N) is 4. The predicted octanol–water partition coefficient (Wildman–Crippen LogP) is 4.40. The summed E-state index contributed by atoms with van der Waals surface area (Å²) in [7, 11) is 0. The van der Waals surface area contributed by atoms with Gasteiger partial charge in [-0.1, -0.05) is 18.5 Å². The van der Waals surface area contributed by atoms with Crippen LogP contribution >= 0.6 is 11.6 Å². The Hall–Kier alpha value is -2.61. The maximum Gasteiger partial charge on any atom is 0.275 e. The van der Waals surface area contributed by atoms with Gasteiger partial charge in [-0.15, -0.1) is 0 Å². The SMILES string of the molecule is CCCn1cc(Cl)c(C(=O)N2CC[C@H](Oc3ccc(F)cc3)[C@@H](CC(=O)N3CCCCC3)C2)n1.